The van der Waals surface area contributed by atoms with Crippen LogP contribution < -0.4 is 0 Å². The van der Waals surface area contributed by atoms with Gasteiger partial charge in [0.15, 0.2) is 0 Å². The smallest absolute Gasteiger partial charge is 0.326 e. The number of aliphatic carboxylic acids is 1. The maximum absolute atomic E-state index is 12.3. The van der Waals surface area contributed by atoms with Crippen molar-refractivity contribution < 1.29 is 23.1 Å². The van der Waals surface area contributed by atoms with Crippen molar-refractivity contribution in [3.05, 3.63) is 0 Å². The highest BCUT2D eigenvalue weighted by molar-refractivity contribution is 7.88. The number of nitrogens with zero attached hydrogens (tertiary/aromatic N) is 2. The lowest BCUT2D eigenvalue weighted by Gasteiger charge is -2.34. The second-order valence-electron chi connectivity index (χ2n) is 5.17. The zero-order chi connectivity index (χ0) is 15.5. The van der Waals surface area contributed by atoms with Crippen LogP contribution in [0, 0.1) is 5.92 Å². The Labute approximate surface area is 119 Å². The average molecular weight is 306 g/mol. The van der Waals surface area contributed by atoms with Crippen LogP contribution in [0.4, 0.5) is 0 Å². The molecule has 1 aliphatic heterocycles. The van der Waals surface area contributed by atoms with Gasteiger partial charge in [-0.2, -0.15) is 0 Å². The average Bonchev–Trinajstić information content (AvgIpc) is 2.37. The van der Waals surface area contributed by atoms with E-state index < -0.39 is 28.0 Å². The van der Waals surface area contributed by atoms with Gasteiger partial charge < -0.3 is 10.0 Å². The van der Waals surface area contributed by atoms with Crippen LogP contribution in [0.25, 0.3) is 0 Å². The van der Waals surface area contributed by atoms with Gasteiger partial charge in [-0.25, -0.2) is 17.5 Å². The number of amides is 1. The second-order valence-corrected chi connectivity index (χ2v) is 7.15. The van der Waals surface area contributed by atoms with Crippen LogP contribution in [0.2, 0.25) is 0 Å². The molecule has 0 aromatic carbocycles. The van der Waals surface area contributed by atoms with Crippen LogP contribution in [-0.4, -0.2) is 67.0 Å². The van der Waals surface area contributed by atoms with Crippen molar-refractivity contribution in [3.8, 4) is 0 Å². The molecule has 0 bridgehead atoms. The number of hydrogen-bond acceptors (Lipinski definition) is 4. The van der Waals surface area contributed by atoms with Crippen molar-refractivity contribution in [1.29, 1.82) is 0 Å². The molecule has 2 unspecified atom stereocenters. The third-order valence-corrected chi connectivity index (χ3v) is 4.96. The predicted molar refractivity (Wildman–Crippen MR) is 73.6 cm³/mol. The fourth-order valence-corrected chi connectivity index (χ4v) is 3.41. The largest absolute Gasteiger partial charge is 0.480 e. The van der Waals surface area contributed by atoms with Crippen molar-refractivity contribution in [3.63, 3.8) is 0 Å². The molecule has 2 atom stereocenters. The Hall–Kier alpha value is -1.15. The minimum atomic E-state index is -3.31. The lowest BCUT2D eigenvalue weighted by atomic mass is 9.97. The van der Waals surface area contributed by atoms with Crippen LogP contribution in [-0.2, 0) is 19.6 Å². The summed E-state index contributed by atoms with van der Waals surface area (Å²) in [6.45, 7) is 2.26. The summed E-state index contributed by atoms with van der Waals surface area (Å²) in [7, 11) is -1.85. The molecular weight excluding hydrogens is 284 g/mol. The van der Waals surface area contributed by atoms with Crippen molar-refractivity contribution in [2.24, 2.45) is 5.92 Å². The van der Waals surface area contributed by atoms with E-state index in [4.69, 9.17) is 5.11 Å². The summed E-state index contributed by atoms with van der Waals surface area (Å²) in [5, 5.41) is 9.07. The minimum absolute atomic E-state index is 0.137. The van der Waals surface area contributed by atoms with Crippen LogP contribution in [0.5, 0.6) is 0 Å². The summed E-state index contributed by atoms with van der Waals surface area (Å²) in [6.07, 6.45) is 2.64. The zero-order valence-electron chi connectivity index (χ0n) is 12.1. The summed E-state index contributed by atoms with van der Waals surface area (Å²) in [6, 6.07) is -0.865. The lowest BCUT2D eigenvalue weighted by Crippen LogP contribution is -2.49. The predicted octanol–water partition coefficient (Wildman–Crippen LogP) is -0.0204. The molecule has 8 heteroatoms. The van der Waals surface area contributed by atoms with E-state index in [1.165, 1.54) is 16.3 Å². The molecule has 1 aliphatic rings. The highest BCUT2D eigenvalue weighted by Crippen LogP contribution is 2.21. The Morgan fingerprint density at radius 2 is 2.05 bits per heavy atom. The first-order valence-corrected chi connectivity index (χ1v) is 8.47. The molecule has 0 spiro atoms. The standard InChI is InChI=1S/C12H22N2O5S/c1-4-10(12(16)17)13(2)11(15)9-6-5-7-14(8-9)20(3,18)19/h9-10H,4-8H2,1-3H3,(H,16,17). The second kappa shape index (κ2) is 6.53. The molecular formula is C12H22N2O5S. The molecule has 1 rings (SSSR count). The van der Waals surface area contributed by atoms with Crippen molar-refractivity contribution in [2.75, 3.05) is 26.4 Å². The fourth-order valence-electron chi connectivity index (χ4n) is 2.50. The van der Waals surface area contributed by atoms with Crippen LogP contribution in [0.3, 0.4) is 0 Å². The number of carbonyl (C=O) groups is 2. The SMILES string of the molecule is CCC(C(=O)O)N(C)C(=O)C1CCCN(S(C)(=O)=O)C1. The van der Waals surface area contributed by atoms with Gasteiger partial charge in [-0.15, -0.1) is 0 Å². The number of likely N-dealkylation sites (N-methyl/N-ethyl adjacent to an activating group) is 1. The monoisotopic (exact) mass is 306 g/mol. The van der Waals surface area contributed by atoms with Gasteiger partial charge >= 0.3 is 5.97 Å². The lowest BCUT2D eigenvalue weighted by molar-refractivity contribution is -0.151. The van der Waals surface area contributed by atoms with Crippen LogP contribution in [0.1, 0.15) is 26.2 Å². The molecule has 1 saturated heterocycles. The number of carboxylic acids is 1. The highest BCUT2D eigenvalue weighted by Gasteiger charge is 2.34. The summed E-state index contributed by atoms with van der Waals surface area (Å²) >= 11 is 0. The first-order valence-electron chi connectivity index (χ1n) is 6.63. The van der Waals surface area contributed by atoms with Crippen molar-refractivity contribution >= 4 is 21.9 Å². The molecule has 0 aromatic rings. The van der Waals surface area contributed by atoms with Gasteiger partial charge in [0.2, 0.25) is 15.9 Å². The fraction of sp³-hybridized carbons (Fsp3) is 0.833. The van der Waals surface area contributed by atoms with E-state index in [1.54, 1.807) is 6.92 Å². The topological polar surface area (TPSA) is 95.0 Å². The molecule has 0 saturated carbocycles. The molecule has 20 heavy (non-hydrogen) atoms. The Balaban J connectivity index is 2.79. The number of rotatable bonds is 5. The van der Waals surface area contributed by atoms with E-state index in [2.05, 4.69) is 0 Å². The molecule has 7 nitrogen and oxygen atoms in total. The molecule has 1 amide bonds. The molecule has 1 N–H and O–H groups in total. The minimum Gasteiger partial charge on any atom is -0.480 e. The van der Waals surface area contributed by atoms with E-state index >= 15 is 0 Å². The normalized spacial score (nSPS) is 22.2. The Morgan fingerprint density at radius 3 is 2.50 bits per heavy atom. The van der Waals surface area contributed by atoms with Crippen molar-refractivity contribution in [2.45, 2.75) is 32.2 Å². The highest BCUT2D eigenvalue weighted by atomic mass is 32.2. The number of hydrogen-bond donors (Lipinski definition) is 1. The third kappa shape index (κ3) is 3.92. The number of carbonyl (C=O) groups excluding carboxylic acids is 1. The van der Waals surface area contributed by atoms with Gasteiger partial charge in [0.1, 0.15) is 6.04 Å². The van der Waals surface area contributed by atoms with E-state index in [-0.39, 0.29) is 12.5 Å². The van der Waals surface area contributed by atoms with Gasteiger partial charge in [-0.3, -0.25) is 4.79 Å². The Morgan fingerprint density at radius 1 is 1.45 bits per heavy atom. The van der Waals surface area contributed by atoms with E-state index in [0.717, 1.165) is 6.26 Å². The molecule has 0 radical (unpaired) electrons. The number of piperidine rings is 1. The van der Waals surface area contributed by atoms with Crippen LogP contribution >= 0.6 is 0 Å². The number of sulfonamides is 1. The maximum Gasteiger partial charge on any atom is 0.326 e. The maximum atomic E-state index is 12.3. The molecule has 116 valence electrons. The third-order valence-electron chi connectivity index (χ3n) is 3.69. The summed E-state index contributed by atoms with van der Waals surface area (Å²) in [5.41, 5.74) is 0. The molecule has 1 heterocycles. The van der Waals surface area contributed by atoms with Gasteiger partial charge in [0.05, 0.1) is 12.2 Å². The zero-order valence-corrected chi connectivity index (χ0v) is 12.9. The Kier molecular flexibility index (Phi) is 5.52. The molecule has 1 fully saturated rings. The molecule has 0 aromatic heterocycles. The van der Waals surface area contributed by atoms with Crippen LogP contribution in [0.15, 0.2) is 0 Å². The van der Waals surface area contributed by atoms with Crippen molar-refractivity contribution in [1.82, 2.24) is 9.21 Å². The van der Waals surface area contributed by atoms with Gasteiger partial charge in [0, 0.05) is 20.1 Å². The Bertz CT molecular complexity index is 476. The summed E-state index contributed by atoms with van der Waals surface area (Å²) < 4.78 is 24.3. The quantitative estimate of drug-likeness (QED) is 0.770. The van der Waals surface area contributed by atoms with Gasteiger partial charge in [-0.1, -0.05) is 6.92 Å². The first-order chi connectivity index (χ1) is 9.18. The van der Waals surface area contributed by atoms with E-state index in [1.807, 2.05) is 0 Å². The van der Waals surface area contributed by atoms with Gasteiger partial charge in [0.25, 0.3) is 0 Å². The first kappa shape index (κ1) is 16.9. The van der Waals surface area contributed by atoms with Gasteiger partial charge in [-0.05, 0) is 19.3 Å². The summed E-state index contributed by atoms with van der Waals surface area (Å²) in [4.78, 5) is 24.6. The van der Waals surface area contributed by atoms with E-state index in [0.29, 0.717) is 25.8 Å². The summed E-state index contributed by atoms with van der Waals surface area (Å²) in [5.74, 6) is -1.80. The molecule has 0 aliphatic carbocycles. The van der Waals surface area contributed by atoms with E-state index in [9.17, 15) is 18.0 Å². The number of carboxylic acid groups (broad SMARTS) is 1.